The summed E-state index contributed by atoms with van der Waals surface area (Å²) in [5.74, 6) is -0.930. The summed E-state index contributed by atoms with van der Waals surface area (Å²) in [6, 6.07) is 8.69. The second-order valence-corrected chi connectivity index (χ2v) is 7.60. The Hall–Kier alpha value is -3.52. The average Bonchev–Trinajstić information content (AvgIpc) is 2.76. The normalized spacial score (nSPS) is 11.8. The summed E-state index contributed by atoms with van der Waals surface area (Å²) in [4.78, 5) is 36.9. The van der Waals surface area contributed by atoms with Crippen LogP contribution in [-0.4, -0.2) is 37.2 Å². The van der Waals surface area contributed by atoms with Gasteiger partial charge in [0.05, 0.1) is 31.6 Å². The van der Waals surface area contributed by atoms with Crippen LogP contribution in [0.3, 0.4) is 0 Å². The van der Waals surface area contributed by atoms with Crippen molar-refractivity contribution >= 4 is 34.4 Å². The van der Waals surface area contributed by atoms with Crippen molar-refractivity contribution in [3.05, 3.63) is 68.5 Å². The Morgan fingerprint density at radius 2 is 1.84 bits per heavy atom. The number of methoxy groups -OCH3 is 2. The fraction of sp³-hybridized carbons (Fsp3) is 0.261. The summed E-state index contributed by atoms with van der Waals surface area (Å²) >= 11 is 5.85. The van der Waals surface area contributed by atoms with Gasteiger partial charge >= 0.3 is 11.6 Å². The molecule has 1 amide bonds. The van der Waals surface area contributed by atoms with Gasteiger partial charge < -0.3 is 24.3 Å². The van der Waals surface area contributed by atoms with Crippen LogP contribution >= 0.6 is 11.6 Å². The lowest BCUT2D eigenvalue weighted by atomic mass is 10.0. The fourth-order valence-corrected chi connectivity index (χ4v) is 3.55. The van der Waals surface area contributed by atoms with E-state index in [0.717, 1.165) is 0 Å². The number of benzene rings is 2. The lowest BCUT2D eigenvalue weighted by Crippen LogP contribution is -2.43. The van der Waals surface area contributed by atoms with E-state index in [-0.39, 0.29) is 24.0 Å². The molecule has 0 fully saturated rings. The number of rotatable bonds is 8. The highest BCUT2D eigenvalue weighted by molar-refractivity contribution is 6.30. The van der Waals surface area contributed by atoms with Gasteiger partial charge in [0.1, 0.15) is 23.1 Å². The van der Waals surface area contributed by atoms with Gasteiger partial charge in [0.15, 0.2) is 0 Å². The molecule has 2 N–H and O–H groups in total. The van der Waals surface area contributed by atoms with Gasteiger partial charge in [-0.05, 0) is 30.2 Å². The summed E-state index contributed by atoms with van der Waals surface area (Å²) < 4.78 is 16.0. The smallest absolute Gasteiger partial charge is 0.340 e. The molecule has 2 aromatic carbocycles. The van der Waals surface area contributed by atoms with E-state index in [4.69, 9.17) is 25.5 Å². The van der Waals surface area contributed by atoms with E-state index in [2.05, 4.69) is 5.32 Å². The molecule has 0 bridgehead atoms. The number of ether oxygens (including phenoxy) is 2. The van der Waals surface area contributed by atoms with Crippen LogP contribution in [0.2, 0.25) is 5.02 Å². The molecule has 168 valence electrons. The maximum absolute atomic E-state index is 12.6. The molecule has 0 saturated carbocycles. The Morgan fingerprint density at radius 3 is 2.44 bits per heavy atom. The molecule has 0 aliphatic carbocycles. The third kappa shape index (κ3) is 5.03. The Kier molecular flexibility index (Phi) is 7.05. The first kappa shape index (κ1) is 23.1. The quantitative estimate of drug-likeness (QED) is 0.497. The fourth-order valence-electron chi connectivity index (χ4n) is 3.43. The second kappa shape index (κ2) is 9.74. The number of halogens is 1. The summed E-state index contributed by atoms with van der Waals surface area (Å²) in [5.41, 5.74) is 0.899. The van der Waals surface area contributed by atoms with Crippen LogP contribution in [-0.2, 0) is 22.4 Å². The van der Waals surface area contributed by atoms with E-state index in [1.54, 1.807) is 43.3 Å². The van der Waals surface area contributed by atoms with Crippen molar-refractivity contribution < 1.29 is 28.6 Å². The number of hydrogen-bond acceptors (Lipinski definition) is 6. The zero-order chi connectivity index (χ0) is 23.4. The van der Waals surface area contributed by atoms with Crippen LogP contribution in [0.4, 0.5) is 0 Å². The number of amides is 1. The van der Waals surface area contributed by atoms with Gasteiger partial charge in [0.25, 0.3) is 0 Å². The molecule has 9 heteroatoms. The number of aryl methyl sites for hydroxylation is 1. The Labute approximate surface area is 188 Å². The highest BCUT2D eigenvalue weighted by Crippen LogP contribution is 2.33. The third-order valence-corrected chi connectivity index (χ3v) is 5.35. The average molecular weight is 460 g/mol. The van der Waals surface area contributed by atoms with Gasteiger partial charge in [-0.3, -0.25) is 4.79 Å². The zero-order valence-corrected chi connectivity index (χ0v) is 18.5. The molecule has 1 aromatic heterocycles. The Balaban J connectivity index is 1.87. The molecule has 8 nitrogen and oxygen atoms in total. The van der Waals surface area contributed by atoms with Crippen molar-refractivity contribution in [3.8, 4) is 11.5 Å². The SMILES string of the molecule is COc1cc(OC)c2c(C)c(CC(=O)NC(Cc3ccc(Cl)cc3)C(=O)O)c(=O)oc2c1. The molecule has 1 unspecified atom stereocenters. The molecular formula is C23H22ClNO7. The monoisotopic (exact) mass is 459 g/mol. The van der Waals surface area contributed by atoms with Crippen molar-refractivity contribution in [3.63, 3.8) is 0 Å². The van der Waals surface area contributed by atoms with E-state index in [1.165, 1.54) is 14.2 Å². The van der Waals surface area contributed by atoms with Crippen LogP contribution < -0.4 is 20.4 Å². The number of carboxylic acid groups (broad SMARTS) is 1. The lowest BCUT2D eigenvalue weighted by Gasteiger charge is -2.16. The number of carbonyl (C=O) groups excluding carboxylic acids is 1. The van der Waals surface area contributed by atoms with Gasteiger partial charge in [0, 0.05) is 23.6 Å². The summed E-state index contributed by atoms with van der Waals surface area (Å²) in [7, 11) is 2.95. The summed E-state index contributed by atoms with van der Waals surface area (Å²) in [6.45, 7) is 1.68. The van der Waals surface area contributed by atoms with E-state index in [1.807, 2.05) is 0 Å². The van der Waals surface area contributed by atoms with Crippen molar-refractivity contribution in [2.45, 2.75) is 25.8 Å². The maximum atomic E-state index is 12.6. The number of aliphatic carboxylic acids is 1. The minimum atomic E-state index is -1.19. The predicted octanol–water partition coefficient (Wildman–Crippen LogP) is 3.13. The first-order chi connectivity index (χ1) is 15.2. The molecule has 3 aromatic rings. The molecule has 1 heterocycles. The molecule has 0 aliphatic heterocycles. The van der Waals surface area contributed by atoms with E-state index in [9.17, 15) is 19.5 Å². The van der Waals surface area contributed by atoms with Crippen molar-refractivity contribution in [1.29, 1.82) is 0 Å². The Bertz CT molecular complexity index is 1220. The first-order valence-electron chi connectivity index (χ1n) is 9.68. The van der Waals surface area contributed by atoms with Crippen LogP contribution in [0.25, 0.3) is 11.0 Å². The van der Waals surface area contributed by atoms with E-state index in [0.29, 0.717) is 33.0 Å². The summed E-state index contributed by atoms with van der Waals surface area (Å²) in [5, 5.41) is 13.1. The minimum Gasteiger partial charge on any atom is -0.496 e. The molecule has 1 atom stereocenters. The lowest BCUT2D eigenvalue weighted by molar-refractivity contribution is -0.141. The predicted molar refractivity (Wildman–Crippen MR) is 119 cm³/mol. The van der Waals surface area contributed by atoms with E-state index >= 15 is 0 Å². The molecular weight excluding hydrogens is 438 g/mol. The molecule has 32 heavy (non-hydrogen) atoms. The van der Waals surface area contributed by atoms with Gasteiger partial charge in [0.2, 0.25) is 5.91 Å². The van der Waals surface area contributed by atoms with Crippen molar-refractivity contribution in [2.75, 3.05) is 14.2 Å². The molecule has 3 rings (SSSR count). The summed E-state index contributed by atoms with van der Waals surface area (Å²) in [6.07, 6.45) is -0.277. The molecule has 0 saturated heterocycles. The topological polar surface area (TPSA) is 115 Å². The third-order valence-electron chi connectivity index (χ3n) is 5.10. The number of nitrogens with one attached hydrogen (secondary N) is 1. The zero-order valence-electron chi connectivity index (χ0n) is 17.7. The molecule has 0 radical (unpaired) electrons. The van der Waals surface area contributed by atoms with Crippen LogP contribution in [0.15, 0.2) is 45.6 Å². The molecule has 0 spiro atoms. The largest absolute Gasteiger partial charge is 0.496 e. The van der Waals surface area contributed by atoms with Gasteiger partial charge in [-0.1, -0.05) is 23.7 Å². The standard InChI is InChI=1S/C23H22ClNO7/c1-12-16(23(29)32-19-10-15(30-2)9-18(31-3)21(12)19)11-20(26)25-17(22(27)28)8-13-4-6-14(24)7-5-13/h4-7,9-10,17H,8,11H2,1-3H3,(H,25,26)(H,27,28). The van der Waals surface area contributed by atoms with Gasteiger partial charge in [-0.25, -0.2) is 9.59 Å². The number of carboxylic acids is 1. The van der Waals surface area contributed by atoms with Gasteiger partial charge in [-0.15, -0.1) is 0 Å². The molecule has 0 aliphatic rings. The van der Waals surface area contributed by atoms with Crippen LogP contribution in [0.5, 0.6) is 11.5 Å². The van der Waals surface area contributed by atoms with Crippen LogP contribution in [0, 0.1) is 6.92 Å². The Morgan fingerprint density at radius 1 is 1.16 bits per heavy atom. The second-order valence-electron chi connectivity index (χ2n) is 7.16. The first-order valence-corrected chi connectivity index (χ1v) is 10.1. The highest BCUT2D eigenvalue weighted by Gasteiger charge is 2.23. The van der Waals surface area contributed by atoms with Gasteiger partial charge in [-0.2, -0.15) is 0 Å². The highest BCUT2D eigenvalue weighted by atomic mass is 35.5. The van der Waals surface area contributed by atoms with Crippen molar-refractivity contribution in [1.82, 2.24) is 5.32 Å². The number of carbonyl (C=O) groups is 2. The minimum absolute atomic E-state index is 0.0666. The van der Waals surface area contributed by atoms with Crippen LogP contribution in [0.1, 0.15) is 16.7 Å². The number of fused-ring (bicyclic) bond motifs is 1. The maximum Gasteiger partial charge on any atom is 0.340 e. The number of hydrogen-bond donors (Lipinski definition) is 2. The van der Waals surface area contributed by atoms with Crippen molar-refractivity contribution in [2.24, 2.45) is 0 Å². The van der Waals surface area contributed by atoms with E-state index < -0.39 is 23.5 Å².